The number of hydrogen-bond acceptors (Lipinski definition) is 5. The zero-order valence-corrected chi connectivity index (χ0v) is 10.3. The summed E-state index contributed by atoms with van der Waals surface area (Å²) in [4.78, 5) is 11.0. The second-order valence-electron chi connectivity index (χ2n) is 3.13. The topological polar surface area (TPSA) is 95.7 Å². The Hall–Kier alpha value is -1.60. The van der Waals surface area contributed by atoms with Crippen LogP contribution in [0.4, 0.5) is 0 Å². The van der Waals surface area contributed by atoms with Crippen molar-refractivity contribution in [2.45, 2.75) is 11.8 Å². The number of ether oxygens (including phenoxy) is 2. The summed E-state index contributed by atoms with van der Waals surface area (Å²) in [5, 5.41) is 5.04. The largest absolute Gasteiger partial charge is 0.492 e. The Morgan fingerprint density at radius 2 is 2.06 bits per heavy atom. The van der Waals surface area contributed by atoms with Gasteiger partial charge in [-0.15, -0.1) is 0 Å². The summed E-state index contributed by atoms with van der Waals surface area (Å²) in [7, 11) is -2.75. The number of sulfonamides is 1. The van der Waals surface area contributed by atoms with Crippen molar-refractivity contribution in [3.63, 3.8) is 0 Å². The van der Waals surface area contributed by atoms with Crippen LogP contribution in [0.5, 0.6) is 5.75 Å². The molecule has 0 radical (unpaired) electrons. The third kappa shape index (κ3) is 3.18. The lowest BCUT2D eigenvalue weighted by atomic mass is 10.2. The van der Waals surface area contributed by atoms with Crippen LogP contribution < -0.4 is 9.88 Å². The summed E-state index contributed by atoms with van der Waals surface area (Å²) < 4.78 is 32.3. The van der Waals surface area contributed by atoms with Gasteiger partial charge in [0.2, 0.25) is 10.0 Å². The molecule has 0 amide bonds. The van der Waals surface area contributed by atoms with E-state index in [0.29, 0.717) is 6.61 Å². The van der Waals surface area contributed by atoms with Gasteiger partial charge in [0.1, 0.15) is 10.6 Å². The highest BCUT2D eigenvalue weighted by Crippen LogP contribution is 2.24. The molecule has 6 nitrogen and oxygen atoms in total. The van der Waals surface area contributed by atoms with Gasteiger partial charge in [-0.25, -0.2) is 18.4 Å². The highest BCUT2D eigenvalue weighted by Gasteiger charge is 2.18. The third-order valence-corrected chi connectivity index (χ3v) is 2.90. The average Bonchev–Trinajstić information content (AvgIpc) is 2.27. The Balaban J connectivity index is 3.34. The van der Waals surface area contributed by atoms with Crippen molar-refractivity contribution in [3.05, 3.63) is 23.8 Å². The van der Waals surface area contributed by atoms with E-state index in [1.165, 1.54) is 19.2 Å². The SMILES string of the molecule is CCOc1ccc(C(=O)OC)cc1S(N)(=O)=O. The monoisotopic (exact) mass is 259 g/mol. The average molecular weight is 259 g/mol. The molecule has 0 aliphatic heterocycles. The number of carbonyl (C=O) groups is 1. The van der Waals surface area contributed by atoms with Crippen molar-refractivity contribution < 1.29 is 22.7 Å². The highest BCUT2D eigenvalue weighted by molar-refractivity contribution is 7.89. The number of hydrogen-bond donors (Lipinski definition) is 1. The fourth-order valence-corrected chi connectivity index (χ4v) is 1.95. The van der Waals surface area contributed by atoms with Gasteiger partial charge in [-0.1, -0.05) is 0 Å². The molecule has 1 aromatic carbocycles. The van der Waals surface area contributed by atoms with Crippen molar-refractivity contribution >= 4 is 16.0 Å². The van der Waals surface area contributed by atoms with E-state index >= 15 is 0 Å². The van der Waals surface area contributed by atoms with Gasteiger partial charge in [-0.05, 0) is 25.1 Å². The van der Waals surface area contributed by atoms with Crippen LogP contribution in [0.2, 0.25) is 0 Å². The van der Waals surface area contributed by atoms with Gasteiger partial charge in [0.15, 0.2) is 0 Å². The Kier molecular flexibility index (Phi) is 4.08. The van der Waals surface area contributed by atoms with Crippen LogP contribution in [-0.2, 0) is 14.8 Å². The molecule has 0 aliphatic rings. The van der Waals surface area contributed by atoms with Crippen molar-refractivity contribution in [2.75, 3.05) is 13.7 Å². The molecule has 7 heteroatoms. The van der Waals surface area contributed by atoms with E-state index in [9.17, 15) is 13.2 Å². The first kappa shape index (κ1) is 13.5. The lowest BCUT2D eigenvalue weighted by Gasteiger charge is -2.09. The predicted octanol–water partition coefficient (Wildman–Crippen LogP) is 0.519. The molecule has 17 heavy (non-hydrogen) atoms. The van der Waals surface area contributed by atoms with Crippen molar-refractivity contribution in [1.29, 1.82) is 0 Å². The molecule has 1 rings (SSSR count). The standard InChI is InChI=1S/C10H13NO5S/c1-3-16-8-5-4-7(10(12)15-2)6-9(8)17(11,13)14/h4-6H,3H2,1-2H3,(H2,11,13,14). The minimum atomic E-state index is -3.95. The van der Waals surface area contributed by atoms with Gasteiger partial charge < -0.3 is 9.47 Å². The molecule has 0 saturated carbocycles. The van der Waals surface area contributed by atoms with E-state index < -0.39 is 16.0 Å². The van der Waals surface area contributed by atoms with Gasteiger partial charge in [-0.2, -0.15) is 0 Å². The maximum Gasteiger partial charge on any atom is 0.337 e. The number of benzene rings is 1. The quantitative estimate of drug-likeness (QED) is 0.795. The Bertz CT molecular complexity index is 523. The second-order valence-corrected chi connectivity index (χ2v) is 4.66. The van der Waals surface area contributed by atoms with E-state index in [4.69, 9.17) is 9.88 Å². The van der Waals surface area contributed by atoms with Crippen LogP contribution in [0.25, 0.3) is 0 Å². The van der Waals surface area contributed by atoms with Crippen LogP contribution >= 0.6 is 0 Å². The van der Waals surface area contributed by atoms with Crippen molar-refractivity contribution in [1.82, 2.24) is 0 Å². The summed E-state index contributed by atoms with van der Waals surface area (Å²) in [6, 6.07) is 3.91. The fraction of sp³-hybridized carbons (Fsp3) is 0.300. The fourth-order valence-electron chi connectivity index (χ4n) is 1.25. The summed E-state index contributed by atoms with van der Waals surface area (Å²) >= 11 is 0. The Morgan fingerprint density at radius 3 is 2.53 bits per heavy atom. The summed E-state index contributed by atoms with van der Waals surface area (Å²) in [6.45, 7) is 2.00. The molecule has 0 bridgehead atoms. The van der Waals surface area contributed by atoms with E-state index in [-0.39, 0.29) is 16.2 Å². The number of esters is 1. The van der Waals surface area contributed by atoms with E-state index in [2.05, 4.69) is 4.74 Å². The number of carbonyl (C=O) groups excluding carboxylic acids is 1. The minimum Gasteiger partial charge on any atom is -0.492 e. The van der Waals surface area contributed by atoms with E-state index in [1.807, 2.05) is 0 Å². The normalized spacial score (nSPS) is 11.0. The molecule has 1 aromatic rings. The number of rotatable bonds is 4. The first-order chi connectivity index (χ1) is 7.90. The third-order valence-electron chi connectivity index (χ3n) is 1.97. The lowest BCUT2D eigenvalue weighted by molar-refractivity contribution is 0.0600. The van der Waals surface area contributed by atoms with Crippen LogP contribution in [0.15, 0.2) is 23.1 Å². The zero-order valence-electron chi connectivity index (χ0n) is 9.47. The lowest BCUT2D eigenvalue weighted by Crippen LogP contribution is -2.15. The molecular formula is C10H13NO5S. The second kappa shape index (κ2) is 5.15. The summed E-state index contributed by atoms with van der Waals surface area (Å²) in [6.07, 6.45) is 0. The number of nitrogens with two attached hydrogens (primary N) is 1. The van der Waals surface area contributed by atoms with Gasteiger partial charge >= 0.3 is 5.97 Å². The van der Waals surface area contributed by atoms with Gasteiger partial charge in [0.05, 0.1) is 19.3 Å². The molecule has 0 heterocycles. The minimum absolute atomic E-state index is 0.0972. The van der Waals surface area contributed by atoms with Gasteiger partial charge in [0, 0.05) is 0 Å². The molecule has 2 N–H and O–H groups in total. The molecular weight excluding hydrogens is 246 g/mol. The van der Waals surface area contributed by atoms with Crippen LogP contribution in [0, 0.1) is 0 Å². The smallest absolute Gasteiger partial charge is 0.337 e. The molecule has 0 spiro atoms. The van der Waals surface area contributed by atoms with Gasteiger partial charge in [0.25, 0.3) is 0 Å². The summed E-state index contributed by atoms with van der Waals surface area (Å²) in [5.41, 5.74) is 0.0972. The van der Waals surface area contributed by atoms with Crippen LogP contribution in [-0.4, -0.2) is 28.1 Å². The Morgan fingerprint density at radius 1 is 1.41 bits per heavy atom. The molecule has 94 valence electrons. The molecule has 0 atom stereocenters. The summed E-state index contributed by atoms with van der Waals surface area (Å²) in [5.74, 6) is -0.527. The van der Waals surface area contributed by atoms with Gasteiger partial charge in [-0.3, -0.25) is 0 Å². The predicted molar refractivity (Wildman–Crippen MR) is 60.3 cm³/mol. The molecule has 0 aromatic heterocycles. The molecule has 0 fully saturated rings. The van der Waals surface area contributed by atoms with Crippen LogP contribution in [0.3, 0.4) is 0 Å². The molecule has 0 aliphatic carbocycles. The zero-order chi connectivity index (χ0) is 13.1. The molecule has 0 unspecified atom stereocenters. The van der Waals surface area contributed by atoms with Crippen molar-refractivity contribution in [2.24, 2.45) is 5.14 Å². The van der Waals surface area contributed by atoms with Crippen molar-refractivity contribution in [3.8, 4) is 5.75 Å². The highest BCUT2D eigenvalue weighted by atomic mass is 32.2. The van der Waals surface area contributed by atoms with Crippen LogP contribution in [0.1, 0.15) is 17.3 Å². The van der Waals surface area contributed by atoms with E-state index in [0.717, 1.165) is 6.07 Å². The maximum absolute atomic E-state index is 11.3. The molecule has 0 saturated heterocycles. The first-order valence-electron chi connectivity index (χ1n) is 4.78. The number of primary sulfonamides is 1. The number of methoxy groups -OCH3 is 1. The Labute approximate surface area is 99.4 Å². The first-order valence-corrected chi connectivity index (χ1v) is 6.32. The maximum atomic E-state index is 11.3. The van der Waals surface area contributed by atoms with E-state index in [1.54, 1.807) is 6.92 Å².